The molecule has 0 atom stereocenters. The van der Waals surface area contributed by atoms with Gasteiger partial charge in [0.2, 0.25) is 0 Å². The Balaban J connectivity index is 2.52. The minimum atomic E-state index is -0.409. The second kappa shape index (κ2) is 3.73. The SMILES string of the molecule is Cc1cc([N+](=O)[O-])ccc1-c1nncn1C. The van der Waals surface area contributed by atoms with Crippen LogP contribution < -0.4 is 0 Å². The van der Waals surface area contributed by atoms with Gasteiger partial charge in [0, 0.05) is 24.7 Å². The van der Waals surface area contributed by atoms with Crippen LogP contribution in [0, 0.1) is 17.0 Å². The number of nitro groups is 1. The fraction of sp³-hybridized carbons (Fsp3) is 0.200. The van der Waals surface area contributed by atoms with Crippen LogP contribution >= 0.6 is 0 Å². The van der Waals surface area contributed by atoms with Gasteiger partial charge >= 0.3 is 0 Å². The van der Waals surface area contributed by atoms with Gasteiger partial charge in [-0.3, -0.25) is 10.1 Å². The third-order valence-corrected chi connectivity index (χ3v) is 2.37. The van der Waals surface area contributed by atoms with E-state index in [0.717, 1.165) is 11.1 Å². The summed E-state index contributed by atoms with van der Waals surface area (Å²) in [6.45, 7) is 1.82. The van der Waals surface area contributed by atoms with E-state index in [0.29, 0.717) is 5.82 Å². The van der Waals surface area contributed by atoms with E-state index in [-0.39, 0.29) is 5.69 Å². The smallest absolute Gasteiger partial charge is 0.269 e. The van der Waals surface area contributed by atoms with Gasteiger partial charge in [0.25, 0.3) is 5.69 Å². The van der Waals surface area contributed by atoms with E-state index in [1.807, 2.05) is 14.0 Å². The van der Waals surface area contributed by atoms with Crippen molar-refractivity contribution in [3.05, 3.63) is 40.2 Å². The zero-order chi connectivity index (χ0) is 11.7. The Hall–Kier alpha value is -2.24. The van der Waals surface area contributed by atoms with Crippen molar-refractivity contribution >= 4 is 5.69 Å². The largest absolute Gasteiger partial charge is 0.317 e. The van der Waals surface area contributed by atoms with Crippen molar-refractivity contribution in [2.45, 2.75) is 6.92 Å². The van der Waals surface area contributed by atoms with E-state index in [2.05, 4.69) is 10.2 Å². The van der Waals surface area contributed by atoms with Gasteiger partial charge in [-0.1, -0.05) is 0 Å². The highest BCUT2D eigenvalue weighted by atomic mass is 16.6. The van der Waals surface area contributed by atoms with Crippen molar-refractivity contribution in [3.8, 4) is 11.4 Å². The topological polar surface area (TPSA) is 73.8 Å². The number of hydrogen-bond donors (Lipinski definition) is 0. The first-order valence-electron chi connectivity index (χ1n) is 4.69. The van der Waals surface area contributed by atoms with Crippen LogP contribution in [-0.2, 0) is 7.05 Å². The average Bonchev–Trinajstić information content (AvgIpc) is 2.64. The monoisotopic (exact) mass is 218 g/mol. The lowest BCUT2D eigenvalue weighted by Crippen LogP contribution is -1.95. The first kappa shape index (κ1) is 10.3. The Morgan fingerprint density at radius 1 is 1.44 bits per heavy atom. The molecule has 0 saturated heterocycles. The molecule has 82 valence electrons. The lowest BCUT2D eigenvalue weighted by atomic mass is 10.1. The van der Waals surface area contributed by atoms with E-state index in [1.165, 1.54) is 12.1 Å². The Morgan fingerprint density at radius 2 is 2.19 bits per heavy atom. The lowest BCUT2D eigenvalue weighted by molar-refractivity contribution is -0.384. The van der Waals surface area contributed by atoms with E-state index >= 15 is 0 Å². The van der Waals surface area contributed by atoms with Crippen LogP contribution in [0.2, 0.25) is 0 Å². The highest BCUT2D eigenvalue weighted by Gasteiger charge is 2.12. The van der Waals surface area contributed by atoms with Crippen molar-refractivity contribution in [1.82, 2.24) is 14.8 Å². The maximum atomic E-state index is 10.6. The summed E-state index contributed by atoms with van der Waals surface area (Å²) >= 11 is 0. The molecule has 0 radical (unpaired) electrons. The fourth-order valence-electron chi connectivity index (χ4n) is 1.54. The van der Waals surface area contributed by atoms with Crippen molar-refractivity contribution < 1.29 is 4.92 Å². The summed E-state index contributed by atoms with van der Waals surface area (Å²) in [5.74, 6) is 0.701. The van der Waals surface area contributed by atoms with Gasteiger partial charge in [-0.25, -0.2) is 0 Å². The second-order valence-corrected chi connectivity index (χ2v) is 3.52. The van der Waals surface area contributed by atoms with Gasteiger partial charge in [0.15, 0.2) is 5.82 Å². The Morgan fingerprint density at radius 3 is 2.69 bits per heavy atom. The first-order valence-corrected chi connectivity index (χ1v) is 4.69. The third kappa shape index (κ3) is 1.65. The molecule has 0 amide bonds. The zero-order valence-electron chi connectivity index (χ0n) is 8.91. The van der Waals surface area contributed by atoms with Crippen LogP contribution in [0.1, 0.15) is 5.56 Å². The Labute approximate surface area is 91.7 Å². The molecule has 0 bridgehead atoms. The molecule has 16 heavy (non-hydrogen) atoms. The van der Waals surface area contributed by atoms with Gasteiger partial charge in [0.1, 0.15) is 6.33 Å². The molecule has 0 unspecified atom stereocenters. The van der Waals surface area contributed by atoms with Gasteiger partial charge in [-0.2, -0.15) is 0 Å². The predicted octanol–water partition coefficient (Wildman–Crippen LogP) is 1.70. The minimum absolute atomic E-state index is 0.0865. The van der Waals surface area contributed by atoms with E-state index < -0.39 is 4.92 Å². The fourth-order valence-corrected chi connectivity index (χ4v) is 1.54. The Bertz CT molecular complexity index is 548. The number of non-ortho nitro benzene ring substituents is 1. The molecule has 1 heterocycles. The first-order chi connectivity index (χ1) is 7.59. The van der Waals surface area contributed by atoms with Crippen molar-refractivity contribution in [1.29, 1.82) is 0 Å². The van der Waals surface area contributed by atoms with Crippen molar-refractivity contribution in [2.24, 2.45) is 7.05 Å². The maximum absolute atomic E-state index is 10.6. The van der Waals surface area contributed by atoms with Crippen LogP contribution in [0.25, 0.3) is 11.4 Å². The quantitative estimate of drug-likeness (QED) is 0.568. The van der Waals surface area contributed by atoms with Gasteiger partial charge < -0.3 is 4.57 Å². The van der Waals surface area contributed by atoms with Crippen LogP contribution in [0.3, 0.4) is 0 Å². The zero-order valence-corrected chi connectivity index (χ0v) is 8.91. The highest BCUT2D eigenvalue weighted by molar-refractivity contribution is 5.62. The Kier molecular flexibility index (Phi) is 2.40. The maximum Gasteiger partial charge on any atom is 0.269 e. The lowest BCUT2D eigenvalue weighted by Gasteiger charge is -2.04. The number of nitrogens with zero attached hydrogens (tertiary/aromatic N) is 4. The van der Waals surface area contributed by atoms with Crippen molar-refractivity contribution in [2.75, 3.05) is 0 Å². The molecule has 0 aliphatic carbocycles. The molecule has 6 nitrogen and oxygen atoms in total. The third-order valence-electron chi connectivity index (χ3n) is 2.37. The standard InChI is InChI=1S/C10H10N4O2/c1-7-5-8(14(15)16)3-4-9(7)10-12-11-6-13(10)2/h3-6H,1-2H3. The minimum Gasteiger partial charge on any atom is -0.317 e. The molecule has 0 N–H and O–H groups in total. The number of aromatic nitrogens is 3. The van der Waals surface area contributed by atoms with Gasteiger partial charge in [-0.05, 0) is 18.6 Å². The molecule has 0 aliphatic rings. The highest BCUT2D eigenvalue weighted by Crippen LogP contribution is 2.24. The van der Waals surface area contributed by atoms with Crippen LogP contribution in [-0.4, -0.2) is 19.7 Å². The van der Waals surface area contributed by atoms with Crippen LogP contribution in [0.4, 0.5) is 5.69 Å². The van der Waals surface area contributed by atoms with Gasteiger partial charge in [0.05, 0.1) is 4.92 Å². The normalized spacial score (nSPS) is 10.4. The summed E-state index contributed by atoms with van der Waals surface area (Å²) in [5.41, 5.74) is 1.75. The number of nitro benzene ring substituents is 1. The molecule has 2 rings (SSSR count). The molecule has 0 fully saturated rings. The number of benzene rings is 1. The second-order valence-electron chi connectivity index (χ2n) is 3.52. The van der Waals surface area contributed by atoms with Gasteiger partial charge in [-0.15, -0.1) is 10.2 Å². The molecule has 1 aromatic heterocycles. The van der Waals surface area contributed by atoms with Crippen molar-refractivity contribution in [3.63, 3.8) is 0 Å². The number of rotatable bonds is 2. The van der Waals surface area contributed by atoms with E-state index in [9.17, 15) is 10.1 Å². The summed E-state index contributed by atoms with van der Waals surface area (Å²) in [4.78, 5) is 10.2. The summed E-state index contributed by atoms with van der Waals surface area (Å²) in [6, 6.07) is 4.69. The molecule has 0 aliphatic heterocycles. The molecular formula is C10H10N4O2. The molecule has 0 saturated carbocycles. The summed E-state index contributed by atoms with van der Waals surface area (Å²) < 4.78 is 1.77. The number of hydrogen-bond acceptors (Lipinski definition) is 4. The molecular weight excluding hydrogens is 208 g/mol. The average molecular weight is 218 g/mol. The van der Waals surface area contributed by atoms with Crippen LogP contribution in [0.15, 0.2) is 24.5 Å². The molecule has 1 aromatic carbocycles. The summed E-state index contributed by atoms with van der Waals surface area (Å²) in [5, 5.41) is 18.3. The summed E-state index contributed by atoms with van der Waals surface area (Å²) in [6.07, 6.45) is 1.59. The predicted molar refractivity (Wildman–Crippen MR) is 57.8 cm³/mol. The molecule has 0 spiro atoms. The molecule has 6 heteroatoms. The van der Waals surface area contributed by atoms with E-state index in [4.69, 9.17) is 0 Å². The van der Waals surface area contributed by atoms with Crippen LogP contribution in [0.5, 0.6) is 0 Å². The number of aryl methyl sites for hydroxylation is 2. The molecule has 2 aromatic rings. The van der Waals surface area contributed by atoms with E-state index in [1.54, 1.807) is 17.0 Å². The summed E-state index contributed by atoms with van der Waals surface area (Å²) in [7, 11) is 1.83.